The van der Waals surface area contributed by atoms with Crippen molar-refractivity contribution in [2.45, 2.75) is 58.5 Å². The van der Waals surface area contributed by atoms with Gasteiger partial charge >= 0.3 is 0 Å². The predicted octanol–water partition coefficient (Wildman–Crippen LogP) is 3.85. The Morgan fingerprint density at radius 1 is 1.33 bits per heavy atom. The summed E-state index contributed by atoms with van der Waals surface area (Å²) < 4.78 is 5.55. The van der Waals surface area contributed by atoms with Gasteiger partial charge in [-0.1, -0.05) is 32.4 Å². The molecule has 2 heteroatoms. The number of fused-ring (bicyclic) bond motifs is 1. The molecular weight excluding hydrogens is 222 g/mol. The summed E-state index contributed by atoms with van der Waals surface area (Å²) in [6.07, 6.45) is 4.76. The molecule has 1 N–H and O–H groups in total. The molecule has 0 fully saturated rings. The van der Waals surface area contributed by atoms with Crippen LogP contribution >= 0.6 is 0 Å². The van der Waals surface area contributed by atoms with Crippen molar-refractivity contribution in [1.29, 1.82) is 0 Å². The van der Waals surface area contributed by atoms with Crippen LogP contribution in [0, 0.1) is 0 Å². The first-order chi connectivity index (χ1) is 8.74. The second kappa shape index (κ2) is 6.24. The van der Waals surface area contributed by atoms with Crippen LogP contribution < -0.4 is 10.1 Å². The van der Waals surface area contributed by atoms with E-state index >= 15 is 0 Å². The van der Waals surface area contributed by atoms with E-state index in [2.05, 4.69) is 44.3 Å². The van der Waals surface area contributed by atoms with Crippen LogP contribution in [-0.2, 0) is 6.42 Å². The Bertz CT molecular complexity index is 389. The highest BCUT2D eigenvalue weighted by molar-refractivity contribution is 5.40. The highest BCUT2D eigenvalue weighted by atomic mass is 16.5. The van der Waals surface area contributed by atoms with Gasteiger partial charge in [0.15, 0.2) is 0 Å². The van der Waals surface area contributed by atoms with Crippen molar-refractivity contribution in [2.75, 3.05) is 6.61 Å². The largest absolute Gasteiger partial charge is 0.493 e. The van der Waals surface area contributed by atoms with E-state index < -0.39 is 0 Å². The normalized spacial score (nSPS) is 17.1. The Morgan fingerprint density at radius 2 is 2.17 bits per heavy atom. The minimum Gasteiger partial charge on any atom is -0.493 e. The van der Waals surface area contributed by atoms with Crippen LogP contribution in [0.3, 0.4) is 0 Å². The van der Waals surface area contributed by atoms with Crippen LogP contribution in [0.1, 0.15) is 57.2 Å². The summed E-state index contributed by atoms with van der Waals surface area (Å²) in [6.45, 7) is 7.61. The summed E-state index contributed by atoms with van der Waals surface area (Å²) in [6, 6.07) is 7.68. The van der Waals surface area contributed by atoms with E-state index in [-0.39, 0.29) is 0 Å². The first-order valence-electron chi connectivity index (χ1n) is 7.26. The summed E-state index contributed by atoms with van der Waals surface area (Å²) in [7, 11) is 0. The molecule has 1 aliphatic rings. The number of hydrogen-bond donors (Lipinski definition) is 1. The van der Waals surface area contributed by atoms with Crippen LogP contribution in [0.2, 0.25) is 0 Å². The average Bonchev–Trinajstić information content (AvgIpc) is 2.85. The van der Waals surface area contributed by atoms with Gasteiger partial charge in [-0.2, -0.15) is 0 Å². The molecule has 18 heavy (non-hydrogen) atoms. The van der Waals surface area contributed by atoms with E-state index in [9.17, 15) is 0 Å². The quantitative estimate of drug-likeness (QED) is 0.824. The zero-order chi connectivity index (χ0) is 13.0. The molecule has 0 spiro atoms. The van der Waals surface area contributed by atoms with Crippen molar-refractivity contribution in [3.05, 3.63) is 29.3 Å². The molecule has 0 radical (unpaired) electrons. The molecule has 2 atom stereocenters. The first kappa shape index (κ1) is 13.4. The van der Waals surface area contributed by atoms with Crippen LogP contribution in [0.5, 0.6) is 5.75 Å². The van der Waals surface area contributed by atoms with E-state index in [1.807, 2.05) is 0 Å². The molecule has 0 aliphatic carbocycles. The fraction of sp³-hybridized carbons (Fsp3) is 0.625. The number of benzene rings is 1. The summed E-state index contributed by atoms with van der Waals surface area (Å²) in [5.41, 5.74) is 2.75. The smallest absolute Gasteiger partial charge is 0.122 e. The lowest BCUT2D eigenvalue weighted by molar-refractivity contribution is 0.356. The van der Waals surface area contributed by atoms with E-state index in [0.29, 0.717) is 12.1 Å². The SMILES string of the molecule is CCCC(CC)NC(C)c1ccc2c(c1)CCO2. The third-order valence-electron chi connectivity index (χ3n) is 3.83. The zero-order valence-corrected chi connectivity index (χ0v) is 11.8. The Morgan fingerprint density at radius 3 is 2.89 bits per heavy atom. The second-order valence-electron chi connectivity index (χ2n) is 5.25. The van der Waals surface area contributed by atoms with Gasteiger partial charge in [0.2, 0.25) is 0 Å². The summed E-state index contributed by atoms with van der Waals surface area (Å²) >= 11 is 0. The number of ether oxygens (including phenoxy) is 1. The van der Waals surface area contributed by atoms with Gasteiger partial charge in [0, 0.05) is 18.5 Å². The summed E-state index contributed by atoms with van der Waals surface area (Å²) in [5, 5.41) is 3.73. The third kappa shape index (κ3) is 3.05. The molecule has 0 aromatic heterocycles. The van der Waals surface area contributed by atoms with E-state index in [4.69, 9.17) is 4.74 Å². The van der Waals surface area contributed by atoms with Crippen molar-refractivity contribution in [3.8, 4) is 5.75 Å². The van der Waals surface area contributed by atoms with Crippen LogP contribution in [0.4, 0.5) is 0 Å². The highest BCUT2D eigenvalue weighted by Gasteiger charge is 2.16. The van der Waals surface area contributed by atoms with Gasteiger partial charge in [0.25, 0.3) is 0 Å². The fourth-order valence-electron chi connectivity index (χ4n) is 2.68. The first-order valence-corrected chi connectivity index (χ1v) is 7.26. The lowest BCUT2D eigenvalue weighted by Crippen LogP contribution is -2.30. The summed E-state index contributed by atoms with van der Waals surface area (Å²) in [4.78, 5) is 0. The van der Waals surface area contributed by atoms with Gasteiger partial charge in [0.1, 0.15) is 5.75 Å². The fourth-order valence-corrected chi connectivity index (χ4v) is 2.68. The number of nitrogens with one attached hydrogen (secondary N) is 1. The average molecular weight is 247 g/mol. The maximum absolute atomic E-state index is 5.55. The van der Waals surface area contributed by atoms with Crippen molar-refractivity contribution >= 4 is 0 Å². The maximum atomic E-state index is 5.55. The number of hydrogen-bond acceptors (Lipinski definition) is 2. The zero-order valence-electron chi connectivity index (χ0n) is 11.8. The van der Waals surface area contributed by atoms with Crippen molar-refractivity contribution < 1.29 is 4.74 Å². The number of rotatable bonds is 6. The highest BCUT2D eigenvalue weighted by Crippen LogP contribution is 2.28. The van der Waals surface area contributed by atoms with Gasteiger partial charge in [-0.3, -0.25) is 0 Å². The molecule has 100 valence electrons. The second-order valence-corrected chi connectivity index (χ2v) is 5.25. The molecule has 1 heterocycles. The molecule has 2 nitrogen and oxygen atoms in total. The monoisotopic (exact) mass is 247 g/mol. The Hall–Kier alpha value is -1.02. The Labute approximate surface area is 111 Å². The van der Waals surface area contributed by atoms with Crippen LogP contribution in [0.25, 0.3) is 0 Å². The van der Waals surface area contributed by atoms with E-state index in [0.717, 1.165) is 18.8 Å². The minimum atomic E-state index is 0.424. The summed E-state index contributed by atoms with van der Waals surface area (Å²) in [5.74, 6) is 1.08. The molecule has 0 saturated heterocycles. The minimum absolute atomic E-state index is 0.424. The van der Waals surface area contributed by atoms with E-state index in [1.165, 1.54) is 30.4 Å². The lowest BCUT2D eigenvalue weighted by Gasteiger charge is -2.22. The Kier molecular flexibility index (Phi) is 4.65. The third-order valence-corrected chi connectivity index (χ3v) is 3.83. The van der Waals surface area contributed by atoms with Crippen LogP contribution in [0.15, 0.2) is 18.2 Å². The van der Waals surface area contributed by atoms with Gasteiger partial charge in [-0.25, -0.2) is 0 Å². The van der Waals surface area contributed by atoms with Gasteiger partial charge < -0.3 is 10.1 Å². The molecular formula is C16H25NO. The molecule has 2 rings (SSSR count). The lowest BCUT2D eigenvalue weighted by atomic mass is 10.0. The van der Waals surface area contributed by atoms with Crippen molar-refractivity contribution in [3.63, 3.8) is 0 Å². The molecule has 0 saturated carbocycles. The van der Waals surface area contributed by atoms with Gasteiger partial charge in [0.05, 0.1) is 6.61 Å². The van der Waals surface area contributed by atoms with E-state index in [1.54, 1.807) is 0 Å². The maximum Gasteiger partial charge on any atom is 0.122 e. The van der Waals surface area contributed by atoms with Gasteiger partial charge in [-0.15, -0.1) is 0 Å². The predicted molar refractivity (Wildman–Crippen MR) is 76.2 cm³/mol. The molecule has 1 aromatic rings. The Balaban J connectivity index is 2.02. The van der Waals surface area contributed by atoms with Crippen molar-refractivity contribution in [1.82, 2.24) is 5.32 Å². The molecule has 0 bridgehead atoms. The molecule has 1 aromatic carbocycles. The standard InChI is InChI=1S/C16H25NO/c1-4-6-15(5-2)17-12(3)13-7-8-16-14(11-13)9-10-18-16/h7-8,11-12,15,17H,4-6,9-10H2,1-3H3. The van der Waals surface area contributed by atoms with Crippen molar-refractivity contribution in [2.24, 2.45) is 0 Å². The molecule has 1 aliphatic heterocycles. The topological polar surface area (TPSA) is 21.3 Å². The van der Waals surface area contributed by atoms with Crippen LogP contribution in [-0.4, -0.2) is 12.6 Å². The molecule has 0 amide bonds. The van der Waals surface area contributed by atoms with Gasteiger partial charge in [-0.05, 0) is 37.0 Å². The molecule has 2 unspecified atom stereocenters.